The second kappa shape index (κ2) is 9.44. The van der Waals surface area contributed by atoms with Crippen LogP contribution in [0.5, 0.6) is 0 Å². The average Bonchev–Trinajstić information content (AvgIpc) is 2.16. The Balaban J connectivity index is 2.95. The highest BCUT2D eigenvalue weighted by atomic mass is 16.5. The Morgan fingerprint density at radius 1 is 1.38 bits per heavy atom. The third-order valence-corrected chi connectivity index (χ3v) is 1.45. The quantitative estimate of drug-likeness (QED) is 0.422. The minimum atomic E-state index is -0.465. The fourth-order valence-corrected chi connectivity index (χ4v) is 0.769. The van der Waals surface area contributed by atoms with E-state index in [1.165, 1.54) is 0 Å². The molecule has 0 rings (SSSR count). The number of nitrogens with one attached hydrogen (secondary N) is 1. The number of unbranched alkanes of at least 4 members (excludes halogenated alkanes) is 1. The molecule has 0 aromatic carbocycles. The number of carbonyl (C=O) groups is 1. The van der Waals surface area contributed by atoms with Gasteiger partial charge in [-0.2, -0.15) is 0 Å². The lowest BCUT2D eigenvalue weighted by atomic mass is 10.3. The van der Waals surface area contributed by atoms with Gasteiger partial charge in [-0.15, -0.1) is 0 Å². The number of nitrogens with two attached hydrogens (primary N) is 1. The molecule has 0 spiro atoms. The van der Waals surface area contributed by atoms with E-state index in [1.54, 1.807) is 0 Å². The predicted octanol–water partition coefficient (Wildman–Crippen LogP) is -1.15. The largest absolute Gasteiger partial charge is 0.387 e. The fraction of sp³-hybridized carbons (Fsp3) is 0.875. The van der Waals surface area contributed by atoms with Crippen molar-refractivity contribution in [1.29, 1.82) is 0 Å². The molecule has 78 valence electrons. The van der Waals surface area contributed by atoms with Gasteiger partial charge in [0.15, 0.2) is 0 Å². The highest BCUT2D eigenvalue weighted by Crippen LogP contribution is 1.86. The highest BCUT2D eigenvalue weighted by molar-refractivity contribution is 5.76. The van der Waals surface area contributed by atoms with Gasteiger partial charge in [0.1, 0.15) is 6.61 Å². The third kappa shape index (κ3) is 9.26. The predicted molar refractivity (Wildman–Crippen MR) is 49.2 cm³/mol. The van der Waals surface area contributed by atoms with Crippen molar-refractivity contribution in [1.82, 2.24) is 5.32 Å². The van der Waals surface area contributed by atoms with Gasteiger partial charge in [-0.3, -0.25) is 4.79 Å². The molecule has 0 fully saturated rings. The number of rotatable bonds is 8. The molecular formula is C8H18N2O3. The van der Waals surface area contributed by atoms with Gasteiger partial charge in [-0.1, -0.05) is 0 Å². The molecule has 0 unspecified atom stereocenters. The van der Waals surface area contributed by atoms with Crippen molar-refractivity contribution in [3.8, 4) is 0 Å². The van der Waals surface area contributed by atoms with Crippen LogP contribution in [0.15, 0.2) is 0 Å². The maximum Gasteiger partial charge on any atom is 0.245 e. The van der Waals surface area contributed by atoms with Gasteiger partial charge >= 0.3 is 0 Å². The summed E-state index contributed by atoms with van der Waals surface area (Å²) < 4.78 is 5.18. The van der Waals surface area contributed by atoms with E-state index in [0.29, 0.717) is 26.3 Å². The molecule has 5 nitrogen and oxygen atoms in total. The number of amides is 1. The third-order valence-electron chi connectivity index (χ3n) is 1.45. The fourth-order valence-electron chi connectivity index (χ4n) is 0.769. The van der Waals surface area contributed by atoms with Crippen molar-refractivity contribution in [2.24, 2.45) is 5.73 Å². The summed E-state index contributed by atoms with van der Waals surface area (Å²) in [4.78, 5) is 10.5. The molecule has 13 heavy (non-hydrogen) atoms. The van der Waals surface area contributed by atoms with Crippen molar-refractivity contribution in [2.75, 3.05) is 32.9 Å². The molecule has 0 aromatic rings. The van der Waals surface area contributed by atoms with Crippen molar-refractivity contribution in [3.05, 3.63) is 0 Å². The van der Waals surface area contributed by atoms with Gasteiger partial charge in [0.05, 0.1) is 6.61 Å². The summed E-state index contributed by atoms with van der Waals surface area (Å²) in [5.74, 6) is -0.370. The van der Waals surface area contributed by atoms with Crippen molar-refractivity contribution < 1.29 is 14.6 Å². The second-order valence-electron chi connectivity index (χ2n) is 2.62. The number of carbonyl (C=O) groups excluding carboxylic acids is 1. The number of aliphatic hydroxyl groups is 1. The van der Waals surface area contributed by atoms with Crippen LogP contribution in [0.25, 0.3) is 0 Å². The maximum atomic E-state index is 10.5. The summed E-state index contributed by atoms with van der Waals surface area (Å²) >= 11 is 0. The molecule has 0 saturated heterocycles. The van der Waals surface area contributed by atoms with Crippen LogP contribution in [0.3, 0.4) is 0 Å². The lowest BCUT2D eigenvalue weighted by molar-refractivity contribution is -0.124. The molecule has 5 heteroatoms. The highest BCUT2D eigenvalue weighted by Gasteiger charge is 1.95. The molecule has 0 aliphatic rings. The Morgan fingerprint density at radius 3 is 2.77 bits per heavy atom. The summed E-state index contributed by atoms with van der Waals surface area (Å²) in [6, 6.07) is 0. The normalized spacial score (nSPS) is 10.0. The molecule has 1 amide bonds. The summed E-state index contributed by atoms with van der Waals surface area (Å²) in [5.41, 5.74) is 5.29. The monoisotopic (exact) mass is 190 g/mol. The first-order chi connectivity index (χ1) is 6.31. The first kappa shape index (κ1) is 12.3. The smallest absolute Gasteiger partial charge is 0.245 e. The standard InChI is InChI=1S/C8H18N2O3/c9-3-1-2-5-13-6-4-10-8(12)7-11/h11H,1-7,9H2,(H,10,12). The molecule has 0 bridgehead atoms. The summed E-state index contributed by atoms with van der Waals surface area (Å²) in [5, 5.41) is 10.8. The summed E-state index contributed by atoms with van der Waals surface area (Å²) in [6.07, 6.45) is 1.91. The minimum absolute atomic E-state index is 0.370. The molecule has 0 aromatic heterocycles. The molecule has 4 N–H and O–H groups in total. The van der Waals surface area contributed by atoms with Crippen LogP contribution in [-0.4, -0.2) is 43.9 Å². The first-order valence-corrected chi connectivity index (χ1v) is 4.46. The number of hydrogen-bond acceptors (Lipinski definition) is 4. The van der Waals surface area contributed by atoms with E-state index in [9.17, 15) is 4.79 Å². The first-order valence-electron chi connectivity index (χ1n) is 4.46. The lowest BCUT2D eigenvalue weighted by Crippen LogP contribution is -2.29. The van der Waals surface area contributed by atoms with Crippen LogP contribution in [0, 0.1) is 0 Å². The Labute approximate surface area is 78.3 Å². The number of ether oxygens (including phenoxy) is 1. The second-order valence-corrected chi connectivity index (χ2v) is 2.62. The Morgan fingerprint density at radius 2 is 2.15 bits per heavy atom. The molecule has 0 saturated carbocycles. The SMILES string of the molecule is NCCCCOCCNC(=O)CO. The van der Waals surface area contributed by atoms with E-state index >= 15 is 0 Å². The molecular weight excluding hydrogens is 172 g/mol. The number of aliphatic hydroxyl groups excluding tert-OH is 1. The Kier molecular flexibility index (Phi) is 8.97. The molecule has 0 aliphatic heterocycles. The van der Waals surface area contributed by atoms with Crippen LogP contribution >= 0.6 is 0 Å². The zero-order valence-corrected chi connectivity index (χ0v) is 7.79. The van der Waals surface area contributed by atoms with Gasteiger partial charge in [0.2, 0.25) is 5.91 Å². The molecule has 0 aliphatic carbocycles. The van der Waals surface area contributed by atoms with Crippen LogP contribution in [-0.2, 0) is 9.53 Å². The van der Waals surface area contributed by atoms with E-state index in [2.05, 4.69) is 5.32 Å². The Bertz CT molecular complexity index is 131. The van der Waals surface area contributed by atoms with Gasteiger partial charge in [0.25, 0.3) is 0 Å². The van der Waals surface area contributed by atoms with Gasteiger partial charge in [-0.05, 0) is 19.4 Å². The van der Waals surface area contributed by atoms with E-state index in [0.717, 1.165) is 12.8 Å². The summed E-state index contributed by atoms with van der Waals surface area (Å²) in [7, 11) is 0. The lowest BCUT2D eigenvalue weighted by Gasteiger charge is -2.04. The van der Waals surface area contributed by atoms with Gasteiger partial charge < -0.3 is 20.9 Å². The van der Waals surface area contributed by atoms with Gasteiger partial charge in [0, 0.05) is 13.2 Å². The molecule has 0 radical (unpaired) electrons. The van der Waals surface area contributed by atoms with Crippen molar-refractivity contribution in [2.45, 2.75) is 12.8 Å². The molecule has 0 heterocycles. The minimum Gasteiger partial charge on any atom is -0.387 e. The zero-order chi connectivity index (χ0) is 9.94. The number of hydrogen-bond donors (Lipinski definition) is 3. The van der Waals surface area contributed by atoms with Gasteiger partial charge in [-0.25, -0.2) is 0 Å². The zero-order valence-electron chi connectivity index (χ0n) is 7.79. The van der Waals surface area contributed by atoms with Crippen LogP contribution in [0.1, 0.15) is 12.8 Å². The maximum absolute atomic E-state index is 10.5. The Hall–Kier alpha value is -0.650. The average molecular weight is 190 g/mol. The molecule has 0 atom stereocenters. The van der Waals surface area contributed by atoms with Crippen LogP contribution in [0.2, 0.25) is 0 Å². The van der Waals surface area contributed by atoms with Crippen molar-refractivity contribution in [3.63, 3.8) is 0 Å². The van der Waals surface area contributed by atoms with E-state index in [-0.39, 0.29) is 5.91 Å². The summed E-state index contributed by atoms with van der Waals surface area (Å²) in [6.45, 7) is 1.82. The van der Waals surface area contributed by atoms with Crippen LogP contribution in [0.4, 0.5) is 0 Å². The topological polar surface area (TPSA) is 84.6 Å². The van der Waals surface area contributed by atoms with Crippen molar-refractivity contribution >= 4 is 5.91 Å². The van der Waals surface area contributed by atoms with Crippen LogP contribution < -0.4 is 11.1 Å². The van der Waals surface area contributed by atoms with E-state index in [1.807, 2.05) is 0 Å². The van der Waals surface area contributed by atoms with E-state index in [4.69, 9.17) is 15.6 Å². The van der Waals surface area contributed by atoms with E-state index < -0.39 is 6.61 Å².